The molecule has 4 nitrogen and oxygen atoms in total. The van der Waals surface area contributed by atoms with Crippen LogP contribution in [0, 0.1) is 0 Å². The van der Waals surface area contributed by atoms with Crippen LogP contribution in [0.1, 0.15) is 0 Å². The lowest BCUT2D eigenvalue weighted by molar-refractivity contribution is -0.191. The molecule has 0 radical (unpaired) electrons. The molecule has 0 rings (SSSR count). The third kappa shape index (κ3) is 200. The fourth-order valence-corrected chi connectivity index (χ4v) is 0. The van der Waals surface area contributed by atoms with Crippen LogP contribution in [0.2, 0.25) is 0 Å². The zero-order chi connectivity index (χ0) is 7.41. The summed E-state index contributed by atoms with van der Waals surface area (Å²) in [5.74, 6) is 0. The molecule has 0 aliphatic rings. The summed E-state index contributed by atoms with van der Waals surface area (Å²) < 4.78 is 4.25. The number of rotatable bonds is 0. The quantitative estimate of drug-likeness (QED) is 0.461. The molecule has 0 aromatic rings. The maximum absolute atomic E-state index is 8.12. The Hall–Kier alpha value is -0.700. The summed E-state index contributed by atoms with van der Waals surface area (Å²) in [6.07, 6.45) is 0.250. The number of hydrogen-bond acceptors (Lipinski definition) is 4. The molecule has 0 fully saturated rings. The van der Waals surface area contributed by atoms with Gasteiger partial charge in [0.1, 0.15) is 0 Å². The predicted molar refractivity (Wildman–Crippen MR) is 26.1 cm³/mol. The van der Waals surface area contributed by atoms with Gasteiger partial charge >= 0.3 is 6.15 Å². The minimum absolute atomic E-state index is 0.250. The van der Waals surface area contributed by atoms with Gasteiger partial charge in [-0.05, 0) is 0 Å². The largest absolute Gasteiger partial charge is 0.400 e. The van der Waals surface area contributed by atoms with Gasteiger partial charge < -0.3 is 9.84 Å². The van der Waals surface area contributed by atoms with Crippen molar-refractivity contribution in [2.75, 3.05) is 21.3 Å². The van der Waals surface area contributed by atoms with Crippen molar-refractivity contribution in [2.45, 2.75) is 0 Å². The van der Waals surface area contributed by atoms with Gasteiger partial charge in [-0.2, -0.15) is 9.59 Å². The van der Waals surface area contributed by atoms with Crippen LogP contribution < -0.4 is 0 Å². The molecule has 8 heavy (non-hydrogen) atoms. The van der Waals surface area contributed by atoms with Gasteiger partial charge in [-0.1, -0.05) is 0 Å². The standard InChI is InChI=1S/C2H6O.CO2.CH4O/c1-3-2;2-1-3;1-2/h1-2H3;;2H,1H3. The van der Waals surface area contributed by atoms with Gasteiger partial charge in [-0.15, -0.1) is 0 Å². The lowest BCUT2D eigenvalue weighted by Crippen LogP contribution is -1.55. The van der Waals surface area contributed by atoms with Crippen molar-refractivity contribution < 1.29 is 19.4 Å². The topological polar surface area (TPSA) is 63.6 Å². The van der Waals surface area contributed by atoms with Gasteiger partial charge in [-0.3, -0.25) is 0 Å². The summed E-state index contributed by atoms with van der Waals surface area (Å²) in [7, 11) is 4.25. The van der Waals surface area contributed by atoms with E-state index in [2.05, 4.69) is 4.74 Å². The Morgan fingerprint density at radius 2 is 1.25 bits per heavy atom. The fraction of sp³-hybridized carbons (Fsp3) is 0.750. The molecule has 0 saturated carbocycles. The van der Waals surface area contributed by atoms with Gasteiger partial charge in [0.05, 0.1) is 0 Å². The summed E-state index contributed by atoms with van der Waals surface area (Å²) in [6.45, 7) is 0. The zero-order valence-electron chi connectivity index (χ0n) is 5.17. The van der Waals surface area contributed by atoms with E-state index in [0.29, 0.717) is 0 Å². The molecule has 4 heteroatoms. The first kappa shape index (κ1) is 15.7. The molecule has 0 aromatic heterocycles. The van der Waals surface area contributed by atoms with E-state index in [1.807, 2.05) is 0 Å². The maximum atomic E-state index is 8.12. The molecule has 0 bridgehead atoms. The van der Waals surface area contributed by atoms with Crippen LogP contribution in [-0.2, 0) is 14.3 Å². The summed E-state index contributed by atoms with van der Waals surface area (Å²) in [5, 5.41) is 7.00. The highest BCUT2D eigenvalue weighted by Crippen LogP contribution is 1.28. The van der Waals surface area contributed by atoms with Crippen molar-refractivity contribution in [3.05, 3.63) is 0 Å². The first-order chi connectivity index (χ1) is 3.83. The summed E-state index contributed by atoms with van der Waals surface area (Å²) in [6, 6.07) is 0. The van der Waals surface area contributed by atoms with Crippen molar-refractivity contribution in [3.63, 3.8) is 0 Å². The van der Waals surface area contributed by atoms with Crippen LogP contribution in [0.5, 0.6) is 0 Å². The summed E-state index contributed by atoms with van der Waals surface area (Å²) in [4.78, 5) is 16.2. The Labute approximate surface area is 48.1 Å². The highest BCUT2D eigenvalue weighted by Gasteiger charge is 1.25. The average molecular weight is 122 g/mol. The van der Waals surface area contributed by atoms with Crippen molar-refractivity contribution in [2.24, 2.45) is 0 Å². The highest BCUT2D eigenvalue weighted by molar-refractivity contribution is 5.20. The number of methoxy groups -OCH3 is 1. The molecular weight excluding hydrogens is 112 g/mol. The Morgan fingerprint density at radius 3 is 1.25 bits per heavy atom. The average Bonchev–Trinajstić information content (AvgIpc) is 1.75. The van der Waals surface area contributed by atoms with Crippen LogP contribution in [0.4, 0.5) is 0 Å². The number of ether oxygens (including phenoxy) is 1. The molecule has 0 aromatic carbocycles. The summed E-state index contributed by atoms with van der Waals surface area (Å²) >= 11 is 0. The van der Waals surface area contributed by atoms with E-state index in [1.165, 1.54) is 0 Å². The van der Waals surface area contributed by atoms with Crippen LogP contribution in [-0.4, -0.2) is 32.6 Å². The number of aliphatic hydroxyl groups excluding tert-OH is 1. The molecular formula is C4H10O4. The van der Waals surface area contributed by atoms with Gasteiger partial charge in [0.25, 0.3) is 0 Å². The third-order valence-electron chi connectivity index (χ3n) is 0. The molecule has 0 atom stereocenters. The number of aliphatic hydroxyl groups is 1. The molecule has 1 N–H and O–H groups in total. The molecule has 0 spiro atoms. The monoisotopic (exact) mass is 122 g/mol. The minimum Gasteiger partial charge on any atom is -0.400 e. The third-order valence-corrected chi connectivity index (χ3v) is 0. The maximum Gasteiger partial charge on any atom is 0.373 e. The van der Waals surface area contributed by atoms with Crippen molar-refractivity contribution in [1.29, 1.82) is 0 Å². The number of carbonyl (C=O) groups excluding carboxylic acids is 2. The van der Waals surface area contributed by atoms with E-state index in [0.717, 1.165) is 7.11 Å². The molecule has 0 unspecified atom stereocenters. The van der Waals surface area contributed by atoms with Crippen LogP contribution in [0.3, 0.4) is 0 Å². The van der Waals surface area contributed by atoms with Crippen molar-refractivity contribution in [3.8, 4) is 0 Å². The van der Waals surface area contributed by atoms with E-state index in [9.17, 15) is 0 Å². The van der Waals surface area contributed by atoms with E-state index >= 15 is 0 Å². The Bertz CT molecular complexity index is 37.3. The van der Waals surface area contributed by atoms with Crippen molar-refractivity contribution >= 4 is 6.15 Å². The van der Waals surface area contributed by atoms with Crippen LogP contribution in [0.25, 0.3) is 0 Å². The van der Waals surface area contributed by atoms with Gasteiger partial charge in [-0.25, -0.2) is 0 Å². The van der Waals surface area contributed by atoms with Crippen LogP contribution >= 0.6 is 0 Å². The lowest BCUT2D eigenvalue weighted by Gasteiger charge is -1.61. The highest BCUT2D eigenvalue weighted by atomic mass is 16.4. The van der Waals surface area contributed by atoms with E-state index in [1.54, 1.807) is 14.2 Å². The van der Waals surface area contributed by atoms with Gasteiger partial charge in [0.2, 0.25) is 0 Å². The second-order valence-electron chi connectivity index (χ2n) is 0.492. The van der Waals surface area contributed by atoms with E-state index < -0.39 is 0 Å². The van der Waals surface area contributed by atoms with E-state index in [-0.39, 0.29) is 6.15 Å². The predicted octanol–water partition coefficient (Wildman–Crippen LogP) is -0.712. The minimum atomic E-state index is 0.250. The van der Waals surface area contributed by atoms with Gasteiger partial charge in [0, 0.05) is 21.3 Å². The Morgan fingerprint density at radius 1 is 1.25 bits per heavy atom. The Kier molecular flexibility index (Phi) is 205. The molecule has 50 valence electrons. The normalized spacial score (nSPS) is 4.00. The second kappa shape index (κ2) is 105. The SMILES string of the molecule is CO.COC.O=C=O. The van der Waals surface area contributed by atoms with Crippen molar-refractivity contribution in [1.82, 2.24) is 0 Å². The molecule has 0 heterocycles. The smallest absolute Gasteiger partial charge is 0.373 e. The number of hydrogen-bond donors (Lipinski definition) is 1. The molecule has 0 aliphatic carbocycles. The molecule has 0 saturated heterocycles. The fourth-order valence-electron chi connectivity index (χ4n) is 0. The van der Waals surface area contributed by atoms with Crippen LogP contribution in [0.15, 0.2) is 0 Å². The lowest BCUT2D eigenvalue weighted by atomic mass is 11.6. The van der Waals surface area contributed by atoms with E-state index in [4.69, 9.17) is 14.7 Å². The first-order valence-corrected chi connectivity index (χ1v) is 1.67. The molecule has 0 amide bonds. The Balaban J connectivity index is -0.0000000483. The molecule has 0 aliphatic heterocycles. The van der Waals surface area contributed by atoms with Gasteiger partial charge in [0.15, 0.2) is 0 Å². The summed E-state index contributed by atoms with van der Waals surface area (Å²) in [5.41, 5.74) is 0. The first-order valence-electron chi connectivity index (χ1n) is 1.67. The second-order valence-corrected chi connectivity index (χ2v) is 0.492. The zero-order valence-corrected chi connectivity index (χ0v) is 5.17.